The van der Waals surface area contributed by atoms with Gasteiger partial charge in [0.2, 0.25) is 0 Å². The first-order valence-electron chi connectivity index (χ1n) is 7.28. The Morgan fingerprint density at radius 2 is 2.00 bits per heavy atom. The maximum atomic E-state index is 13.2. The van der Waals surface area contributed by atoms with Crippen LogP contribution in [0, 0.1) is 11.7 Å². The van der Waals surface area contributed by atoms with Crippen molar-refractivity contribution >= 4 is 0 Å². The van der Waals surface area contributed by atoms with Crippen LogP contribution in [0.1, 0.15) is 56.2 Å². The number of nitrogens with one attached hydrogen (secondary N) is 1. The van der Waals surface area contributed by atoms with E-state index in [9.17, 15) is 4.39 Å². The van der Waals surface area contributed by atoms with Gasteiger partial charge < -0.3 is 5.32 Å². The maximum absolute atomic E-state index is 13.2. The zero-order valence-corrected chi connectivity index (χ0v) is 11.1. The van der Waals surface area contributed by atoms with E-state index in [0.29, 0.717) is 12.1 Å². The lowest BCUT2D eigenvalue weighted by Crippen LogP contribution is -2.34. The van der Waals surface area contributed by atoms with Gasteiger partial charge in [0.1, 0.15) is 5.82 Å². The zero-order valence-electron chi connectivity index (χ0n) is 11.1. The first kappa shape index (κ1) is 12.2. The summed E-state index contributed by atoms with van der Waals surface area (Å²) >= 11 is 0. The van der Waals surface area contributed by atoms with Crippen molar-refractivity contribution in [2.24, 2.45) is 5.92 Å². The fourth-order valence-corrected chi connectivity index (χ4v) is 3.67. The summed E-state index contributed by atoms with van der Waals surface area (Å²) in [5.41, 5.74) is 2.52. The van der Waals surface area contributed by atoms with E-state index in [-0.39, 0.29) is 5.82 Å². The van der Waals surface area contributed by atoms with Crippen molar-refractivity contribution in [1.82, 2.24) is 5.32 Å². The SMILES string of the molecule is C[C@@H](NC1CCc2cc(F)ccc21)C1CCCC1. The van der Waals surface area contributed by atoms with Crippen LogP contribution in [-0.2, 0) is 6.42 Å². The number of fused-ring (bicyclic) bond motifs is 1. The third-order valence-electron chi connectivity index (χ3n) is 4.75. The molecule has 2 heteroatoms. The van der Waals surface area contributed by atoms with Crippen LogP contribution in [0.2, 0.25) is 0 Å². The molecule has 0 amide bonds. The standard InChI is InChI=1S/C16H22FN/c1-11(12-4-2-3-5-12)18-16-9-6-13-10-14(17)7-8-15(13)16/h7-8,10-12,16,18H,2-6,9H2,1H3/t11-,16?/m1/s1. The van der Waals surface area contributed by atoms with Crippen molar-refractivity contribution in [3.63, 3.8) is 0 Å². The Hall–Kier alpha value is -0.890. The molecule has 2 aliphatic carbocycles. The van der Waals surface area contributed by atoms with Gasteiger partial charge in [-0.2, -0.15) is 0 Å². The van der Waals surface area contributed by atoms with Gasteiger partial charge in [-0.3, -0.25) is 0 Å². The molecule has 0 saturated heterocycles. The Morgan fingerprint density at radius 3 is 2.78 bits per heavy atom. The van der Waals surface area contributed by atoms with Gasteiger partial charge in [0.15, 0.2) is 0 Å². The van der Waals surface area contributed by atoms with Crippen LogP contribution in [0.3, 0.4) is 0 Å². The smallest absolute Gasteiger partial charge is 0.123 e. The summed E-state index contributed by atoms with van der Waals surface area (Å²) in [4.78, 5) is 0. The lowest BCUT2D eigenvalue weighted by Gasteiger charge is -2.25. The molecule has 18 heavy (non-hydrogen) atoms. The van der Waals surface area contributed by atoms with Crippen molar-refractivity contribution in [1.29, 1.82) is 0 Å². The summed E-state index contributed by atoms with van der Waals surface area (Å²) in [7, 11) is 0. The molecule has 2 aliphatic rings. The van der Waals surface area contributed by atoms with E-state index in [1.54, 1.807) is 12.1 Å². The molecule has 1 aromatic carbocycles. The maximum Gasteiger partial charge on any atom is 0.123 e. The molecule has 1 fully saturated rings. The summed E-state index contributed by atoms with van der Waals surface area (Å²) < 4.78 is 13.2. The molecule has 1 nitrogen and oxygen atoms in total. The zero-order chi connectivity index (χ0) is 12.5. The summed E-state index contributed by atoms with van der Waals surface area (Å²) in [6.45, 7) is 2.32. The molecule has 2 atom stereocenters. The third-order valence-corrected chi connectivity index (χ3v) is 4.75. The van der Waals surface area contributed by atoms with Crippen molar-refractivity contribution in [2.45, 2.75) is 57.5 Å². The second-order valence-corrected chi connectivity index (χ2v) is 5.93. The summed E-state index contributed by atoms with van der Waals surface area (Å²) in [5, 5.41) is 3.77. The van der Waals surface area contributed by atoms with Crippen LogP contribution in [0.5, 0.6) is 0 Å². The number of hydrogen-bond acceptors (Lipinski definition) is 1. The van der Waals surface area contributed by atoms with E-state index >= 15 is 0 Å². The summed E-state index contributed by atoms with van der Waals surface area (Å²) in [6.07, 6.45) is 7.67. The van der Waals surface area contributed by atoms with E-state index in [0.717, 1.165) is 18.8 Å². The molecule has 0 heterocycles. The minimum atomic E-state index is -0.0989. The van der Waals surface area contributed by atoms with Crippen molar-refractivity contribution < 1.29 is 4.39 Å². The van der Waals surface area contributed by atoms with E-state index in [2.05, 4.69) is 12.2 Å². The van der Waals surface area contributed by atoms with E-state index < -0.39 is 0 Å². The molecule has 98 valence electrons. The van der Waals surface area contributed by atoms with E-state index in [4.69, 9.17) is 0 Å². The monoisotopic (exact) mass is 247 g/mol. The summed E-state index contributed by atoms with van der Waals surface area (Å²) in [5.74, 6) is 0.743. The molecule has 3 rings (SSSR count). The highest BCUT2D eigenvalue weighted by Crippen LogP contribution is 2.34. The van der Waals surface area contributed by atoms with Crippen LogP contribution in [0.15, 0.2) is 18.2 Å². The van der Waals surface area contributed by atoms with Crippen LogP contribution in [0.25, 0.3) is 0 Å². The topological polar surface area (TPSA) is 12.0 Å². The quantitative estimate of drug-likeness (QED) is 0.852. The average Bonchev–Trinajstić information content (AvgIpc) is 2.98. The molecular formula is C16H22FN. The van der Waals surface area contributed by atoms with Crippen LogP contribution in [-0.4, -0.2) is 6.04 Å². The first-order chi connectivity index (χ1) is 8.74. The Kier molecular flexibility index (Phi) is 3.38. The second-order valence-electron chi connectivity index (χ2n) is 5.93. The normalized spacial score (nSPS) is 25.3. The van der Waals surface area contributed by atoms with Gasteiger partial charge in [0, 0.05) is 12.1 Å². The molecule has 0 radical (unpaired) electrons. The minimum Gasteiger partial charge on any atom is -0.307 e. The lowest BCUT2D eigenvalue weighted by atomic mass is 9.98. The molecule has 0 spiro atoms. The molecule has 0 aromatic heterocycles. The first-order valence-corrected chi connectivity index (χ1v) is 7.28. The Bertz CT molecular complexity index is 423. The van der Waals surface area contributed by atoms with E-state index in [1.807, 2.05) is 6.07 Å². The predicted molar refractivity (Wildman–Crippen MR) is 72.0 cm³/mol. The lowest BCUT2D eigenvalue weighted by molar-refractivity contribution is 0.342. The molecule has 1 N–H and O–H groups in total. The van der Waals surface area contributed by atoms with Gasteiger partial charge in [0.25, 0.3) is 0 Å². The van der Waals surface area contributed by atoms with Gasteiger partial charge in [0.05, 0.1) is 0 Å². The molecule has 1 unspecified atom stereocenters. The van der Waals surface area contributed by atoms with Gasteiger partial charge in [-0.15, -0.1) is 0 Å². The molecule has 0 aliphatic heterocycles. The van der Waals surface area contributed by atoms with Gasteiger partial charge in [-0.25, -0.2) is 4.39 Å². The fraction of sp³-hybridized carbons (Fsp3) is 0.625. The van der Waals surface area contributed by atoms with Crippen LogP contribution >= 0.6 is 0 Å². The van der Waals surface area contributed by atoms with Crippen molar-refractivity contribution in [2.75, 3.05) is 0 Å². The molecule has 1 saturated carbocycles. The van der Waals surface area contributed by atoms with Gasteiger partial charge in [-0.05, 0) is 61.8 Å². The van der Waals surface area contributed by atoms with Crippen LogP contribution < -0.4 is 5.32 Å². The molecular weight excluding hydrogens is 225 g/mol. The predicted octanol–water partition coefficient (Wildman–Crippen LogP) is 3.98. The van der Waals surface area contributed by atoms with E-state index in [1.165, 1.54) is 36.8 Å². The fourth-order valence-electron chi connectivity index (χ4n) is 3.67. The second kappa shape index (κ2) is 5.00. The highest BCUT2D eigenvalue weighted by atomic mass is 19.1. The average molecular weight is 247 g/mol. The van der Waals surface area contributed by atoms with Crippen molar-refractivity contribution in [3.8, 4) is 0 Å². The van der Waals surface area contributed by atoms with Crippen molar-refractivity contribution in [3.05, 3.63) is 35.1 Å². The van der Waals surface area contributed by atoms with Gasteiger partial charge in [-0.1, -0.05) is 18.9 Å². The minimum absolute atomic E-state index is 0.0989. The summed E-state index contributed by atoms with van der Waals surface area (Å²) in [6, 6.07) is 6.30. The van der Waals surface area contributed by atoms with Crippen LogP contribution in [0.4, 0.5) is 4.39 Å². The number of halogens is 1. The number of hydrogen-bond donors (Lipinski definition) is 1. The largest absolute Gasteiger partial charge is 0.307 e. The molecule has 0 bridgehead atoms. The number of benzene rings is 1. The highest BCUT2D eigenvalue weighted by molar-refractivity contribution is 5.35. The number of aryl methyl sites for hydroxylation is 1. The Labute approximate surface area is 109 Å². The number of rotatable bonds is 3. The third kappa shape index (κ3) is 2.31. The van der Waals surface area contributed by atoms with Gasteiger partial charge >= 0.3 is 0 Å². The highest BCUT2D eigenvalue weighted by Gasteiger charge is 2.27. The molecule has 1 aromatic rings. The Morgan fingerprint density at radius 1 is 1.22 bits per heavy atom. The Balaban J connectivity index is 1.68.